The highest BCUT2D eigenvalue weighted by atomic mass is 16.7. The van der Waals surface area contributed by atoms with Crippen molar-refractivity contribution in [1.29, 1.82) is 0 Å². The number of hydrogen-bond acceptors (Lipinski definition) is 12. The Labute approximate surface area is 367 Å². The molecule has 5 saturated heterocycles. The summed E-state index contributed by atoms with van der Waals surface area (Å²) >= 11 is 0. The van der Waals surface area contributed by atoms with Crippen molar-refractivity contribution in [2.24, 2.45) is 35.5 Å². The Morgan fingerprint density at radius 1 is 1.02 bits per heavy atom. The van der Waals surface area contributed by atoms with Crippen LogP contribution in [-0.4, -0.2) is 125 Å². The third-order valence-corrected chi connectivity index (χ3v) is 16.0. The lowest BCUT2D eigenvalue weighted by Gasteiger charge is -2.49. The summed E-state index contributed by atoms with van der Waals surface area (Å²) in [5.74, 6) is -4.69. The van der Waals surface area contributed by atoms with Gasteiger partial charge in [-0.2, -0.15) is 0 Å². The highest BCUT2D eigenvalue weighted by Crippen LogP contribution is 2.55. The van der Waals surface area contributed by atoms with Gasteiger partial charge in [-0.25, -0.2) is 4.79 Å². The molecule has 7 rings (SSSR count). The standard InChI is InChI=1S/C48H74N2O12/c1-11-46(42-27(3)21-37(58-42)39-26(2)20-28(4)48(55,25-51)61-39)17-16-38(59-46)45(8)18-19-47(62-45)23-36(52)29(5)41(60-47)30(6)40(56-9)31(7)43(53)50-35(44(54)57-10)22-32-24-49-34-15-13-12-14-33(32)34/h12-15,24,26-31,35-42,49,51-52,55H,11,16-23,25H2,1-10H3,(H,50,53)/t26?,27?,28?,29?,30?,31?,35-,36?,37?,38?,39?,40?,41?,42?,45?,46?,47?,48?/m1/s1. The van der Waals surface area contributed by atoms with Gasteiger partial charge in [0.15, 0.2) is 11.6 Å². The summed E-state index contributed by atoms with van der Waals surface area (Å²) in [7, 11) is 2.89. The smallest absolute Gasteiger partial charge is 0.328 e. The van der Waals surface area contributed by atoms with Crippen LogP contribution in [0.15, 0.2) is 30.5 Å². The second kappa shape index (κ2) is 18.3. The molecule has 0 bridgehead atoms. The van der Waals surface area contributed by atoms with E-state index in [0.717, 1.165) is 48.6 Å². The Bertz CT molecular complexity index is 1880. The molecule has 62 heavy (non-hydrogen) atoms. The average molecular weight is 871 g/mol. The van der Waals surface area contributed by atoms with Crippen LogP contribution in [0.25, 0.3) is 10.9 Å². The summed E-state index contributed by atoms with van der Waals surface area (Å²) in [6.07, 6.45) is 4.65. The van der Waals surface area contributed by atoms with E-state index in [1.807, 2.05) is 51.2 Å². The molecule has 0 saturated carbocycles. The second-order valence-corrected chi connectivity index (χ2v) is 20.1. The van der Waals surface area contributed by atoms with Crippen molar-refractivity contribution >= 4 is 22.8 Å². The van der Waals surface area contributed by atoms with Gasteiger partial charge in [0.1, 0.15) is 6.04 Å². The van der Waals surface area contributed by atoms with Crippen molar-refractivity contribution in [1.82, 2.24) is 10.3 Å². The zero-order valence-corrected chi connectivity index (χ0v) is 38.6. The SMILES string of the molecule is CCC1(C2OC(C3OC(O)(CO)C(C)CC3C)CC2C)CCC(C2(C)CCC3(CC(O)C(C)C(C(C)C(OC)C(C)C(=O)N[C@H](Cc4c[nH]c5ccccc45)C(=O)OC)O3)O2)O1. The number of amides is 1. The molecule has 17 unspecified atom stereocenters. The number of carbonyl (C=O) groups is 2. The molecule has 2 aromatic rings. The Morgan fingerprint density at radius 2 is 1.76 bits per heavy atom. The number of carbonyl (C=O) groups excluding carboxylic acids is 2. The quantitative estimate of drug-likeness (QED) is 0.149. The lowest BCUT2D eigenvalue weighted by Crippen LogP contribution is -2.57. The number of aromatic nitrogens is 1. The fourth-order valence-corrected chi connectivity index (χ4v) is 12.1. The summed E-state index contributed by atoms with van der Waals surface area (Å²) in [4.78, 5) is 30.2. The summed E-state index contributed by atoms with van der Waals surface area (Å²) in [5.41, 5.74) is 0.597. The molecule has 14 nitrogen and oxygen atoms in total. The first-order valence-corrected chi connectivity index (χ1v) is 23.2. The minimum absolute atomic E-state index is 0.157. The molecule has 1 spiro atoms. The molecular formula is C48H74N2O12. The third kappa shape index (κ3) is 8.74. The van der Waals surface area contributed by atoms with Crippen molar-refractivity contribution in [3.63, 3.8) is 0 Å². The maximum Gasteiger partial charge on any atom is 0.328 e. The van der Waals surface area contributed by atoms with E-state index in [2.05, 4.69) is 38.0 Å². The van der Waals surface area contributed by atoms with E-state index < -0.39 is 65.6 Å². The van der Waals surface area contributed by atoms with Crippen molar-refractivity contribution in [3.8, 4) is 0 Å². The molecule has 18 atom stereocenters. The van der Waals surface area contributed by atoms with Gasteiger partial charge in [-0.15, -0.1) is 0 Å². The molecule has 5 aliphatic rings. The molecule has 5 aliphatic heterocycles. The number of methoxy groups -OCH3 is 2. The van der Waals surface area contributed by atoms with Crippen LogP contribution in [-0.2, 0) is 49.2 Å². The summed E-state index contributed by atoms with van der Waals surface area (Å²) in [6.45, 7) is 15.8. The molecular weight excluding hydrogens is 797 g/mol. The van der Waals surface area contributed by atoms with Crippen LogP contribution < -0.4 is 5.32 Å². The van der Waals surface area contributed by atoms with Gasteiger partial charge in [-0.05, 0) is 68.9 Å². The number of aliphatic hydroxyl groups is 3. The van der Waals surface area contributed by atoms with Crippen molar-refractivity contribution in [3.05, 3.63) is 36.0 Å². The van der Waals surface area contributed by atoms with E-state index in [-0.39, 0.29) is 66.3 Å². The van der Waals surface area contributed by atoms with Gasteiger partial charge in [0.25, 0.3) is 0 Å². The summed E-state index contributed by atoms with van der Waals surface area (Å²) in [5, 5.41) is 36.7. The Balaban J connectivity index is 1.01. The average Bonchev–Trinajstić information content (AvgIpc) is 4.05. The molecule has 0 aliphatic carbocycles. The summed E-state index contributed by atoms with van der Waals surface area (Å²) in [6, 6.07) is 6.89. The zero-order chi connectivity index (χ0) is 44.9. The predicted octanol–water partition coefficient (Wildman–Crippen LogP) is 5.57. The molecule has 1 aromatic carbocycles. The Morgan fingerprint density at radius 3 is 2.45 bits per heavy atom. The molecule has 1 aromatic heterocycles. The van der Waals surface area contributed by atoms with Gasteiger partial charge in [0.2, 0.25) is 5.91 Å². The second-order valence-electron chi connectivity index (χ2n) is 20.1. The number of nitrogens with one attached hydrogen (secondary N) is 2. The van der Waals surface area contributed by atoms with E-state index in [1.165, 1.54) is 7.11 Å². The van der Waals surface area contributed by atoms with E-state index in [0.29, 0.717) is 19.3 Å². The number of aromatic amines is 1. The number of aliphatic hydroxyl groups excluding tert-OH is 2. The normalized spacial score (nSPS) is 41.9. The van der Waals surface area contributed by atoms with Crippen LogP contribution in [0, 0.1) is 35.5 Å². The number of benzene rings is 1. The highest BCUT2D eigenvalue weighted by Gasteiger charge is 2.62. The van der Waals surface area contributed by atoms with Gasteiger partial charge in [-0.3, -0.25) is 4.79 Å². The largest absolute Gasteiger partial charge is 0.467 e. The highest BCUT2D eigenvalue weighted by molar-refractivity contribution is 5.88. The summed E-state index contributed by atoms with van der Waals surface area (Å²) < 4.78 is 45.5. The van der Waals surface area contributed by atoms with Gasteiger partial charge < -0.3 is 58.8 Å². The number of para-hydroxylation sites is 1. The Hall–Kier alpha value is -2.66. The Kier molecular flexibility index (Phi) is 14.0. The molecule has 1 amide bonds. The molecule has 5 fully saturated rings. The molecule has 5 N–H and O–H groups in total. The van der Waals surface area contributed by atoms with Gasteiger partial charge in [-0.1, -0.05) is 66.7 Å². The van der Waals surface area contributed by atoms with Crippen LogP contribution >= 0.6 is 0 Å². The first-order valence-electron chi connectivity index (χ1n) is 23.2. The van der Waals surface area contributed by atoms with Gasteiger partial charge in [0, 0.05) is 61.2 Å². The zero-order valence-electron chi connectivity index (χ0n) is 38.6. The predicted molar refractivity (Wildman–Crippen MR) is 231 cm³/mol. The van der Waals surface area contributed by atoms with Crippen molar-refractivity contribution in [2.45, 2.75) is 185 Å². The maximum absolute atomic E-state index is 14.0. The molecule has 0 radical (unpaired) electrons. The lowest BCUT2D eigenvalue weighted by atomic mass is 9.78. The van der Waals surface area contributed by atoms with Crippen LogP contribution in [0.3, 0.4) is 0 Å². The van der Waals surface area contributed by atoms with Crippen LogP contribution in [0.5, 0.6) is 0 Å². The van der Waals surface area contributed by atoms with Crippen molar-refractivity contribution in [2.75, 3.05) is 20.8 Å². The third-order valence-electron chi connectivity index (χ3n) is 16.0. The number of esters is 1. The topological polar surface area (TPSA) is 187 Å². The fourth-order valence-electron chi connectivity index (χ4n) is 12.1. The maximum atomic E-state index is 14.0. The van der Waals surface area contributed by atoms with Gasteiger partial charge in [0.05, 0.1) is 73.6 Å². The fraction of sp³-hybridized carbons (Fsp3) is 0.792. The first kappa shape index (κ1) is 47.3. The lowest BCUT2D eigenvalue weighted by molar-refractivity contribution is -0.336. The number of rotatable bonds is 14. The van der Waals surface area contributed by atoms with E-state index >= 15 is 0 Å². The number of H-pyrrole nitrogens is 1. The van der Waals surface area contributed by atoms with E-state index in [4.69, 9.17) is 33.2 Å². The monoisotopic (exact) mass is 871 g/mol. The molecule has 348 valence electrons. The van der Waals surface area contributed by atoms with Crippen LogP contribution in [0.4, 0.5) is 0 Å². The van der Waals surface area contributed by atoms with Gasteiger partial charge >= 0.3 is 5.97 Å². The molecule has 6 heterocycles. The van der Waals surface area contributed by atoms with Crippen LogP contribution in [0.1, 0.15) is 112 Å². The first-order chi connectivity index (χ1) is 29.4. The van der Waals surface area contributed by atoms with Crippen molar-refractivity contribution < 1.29 is 58.1 Å². The minimum Gasteiger partial charge on any atom is -0.467 e. The molecule has 14 heteroatoms. The number of fused-ring (bicyclic) bond motifs is 1. The number of ether oxygens (including phenoxy) is 7. The minimum atomic E-state index is -1.58. The number of hydrogen-bond donors (Lipinski definition) is 5. The van der Waals surface area contributed by atoms with Crippen LogP contribution in [0.2, 0.25) is 0 Å². The van der Waals surface area contributed by atoms with E-state index in [9.17, 15) is 24.9 Å². The van der Waals surface area contributed by atoms with E-state index in [1.54, 1.807) is 14.0 Å².